The lowest BCUT2D eigenvalue weighted by molar-refractivity contribution is -0.144. The van der Waals surface area contributed by atoms with E-state index in [4.69, 9.17) is 18.9 Å². The Bertz CT molecular complexity index is 1310. The Balaban J connectivity index is 1.79. The lowest BCUT2D eigenvalue weighted by atomic mass is 9.71. The van der Waals surface area contributed by atoms with Crippen LogP contribution in [0.15, 0.2) is 58.9 Å². The van der Waals surface area contributed by atoms with Gasteiger partial charge in [0.2, 0.25) is 0 Å². The zero-order valence-electron chi connectivity index (χ0n) is 22.7. The van der Waals surface area contributed by atoms with Crippen molar-refractivity contribution in [2.45, 2.75) is 58.0 Å². The largest absolute Gasteiger partial charge is 0.504 e. The Morgan fingerprint density at radius 2 is 1.66 bits per heavy atom. The van der Waals surface area contributed by atoms with Gasteiger partial charge in [-0.1, -0.05) is 19.1 Å². The molecule has 0 aromatic heterocycles. The van der Waals surface area contributed by atoms with E-state index in [1.165, 1.54) is 7.11 Å². The number of ketones is 1. The van der Waals surface area contributed by atoms with Crippen LogP contribution in [0.4, 0.5) is 0 Å². The minimum Gasteiger partial charge on any atom is -0.504 e. The topological polar surface area (TPSA) is 103 Å². The van der Waals surface area contributed by atoms with Crippen LogP contribution in [-0.4, -0.2) is 44.3 Å². The summed E-state index contributed by atoms with van der Waals surface area (Å²) in [6.45, 7) is 5.59. The second-order valence-electron chi connectivity index (χ2n) is 9.69. The summed E-state index contributed by atoms with van der Waals surface area (Å²) in [4.78, 5) is 27.2. The number of methoxy groups -OCH3 is 3. The molecule has 0 saturated heterocycles. The number of benzene rings is 2. The van der Waals surface area contributed by atoms with Gasteiger partial charge in [0, 0.05) is 29.3 Å². The maximum absolute atomic E-state index is 13.8. The molecule has 2 N–H and O–H groups in total. The molecule has 0 fully saturated rings. The van der Waals surface area contributed by atoms with Crippen molar-refractivity contribution in [2.75, 3.05) is 21.3 Å². The first kappa shape index (κ1) is 27.1. The van der Waals surface area contributed by atoms with Gasteiger partial charge in [-0.25, -0.2) is 4.79 Å². The molecule has 8 nitrogen and oxygen atoms in total. The molecule has 8 heteroatoms. The lowest BCUT2D eigenvalue weighted by Gasteiger charge is -2.37. The summed E-state index contributed by atoms with van der Waals surface area (Å²) in [6.07, 6.45) is 1.22. The van der Waals surface area contributed by atoms with Crippen LogP contribution >= 0.6 is 0 Å². The predicted molar refractivity (Wildman–Crippen MR) is 143 cm³/mol. The summed E-state index contributed by atoms with van der Waals surface area (Å²) in [5.74, 6) is 0.155. The molecule has 0 radical (unpaired) electrons. The molecule has 2 aromatic rings. The number of aromatic hydroxyl groups is 1. The minimum absolute atomic E-state index is 0.0653. The Hall–Kier alpha value is -3.94. The van der Waals surface area contributed by atoms with Gasteiger partial charge >= 0.3 is 5.97 Å². The number of Topliss-reactive ketones (excluding diaryl/α,β-unsaturated/α-hetero) is 1. The summed E-state index contributed by atoms with van der Waals surface area (Å²) in [6, 6.07) is 10.7. The number of phenolic OH excluding ortho intramolecular Hbond substituents is 1. The SMILES string of the molecule is CC[C@H](C)OC(=O)C1=C(C)NC2=C(C(=O)C[C@@H](c3ccc(OC)c(OC)c3)C2)[C@@H]1c1ccc(OC)c(O)c1. The Morgan fingerprint density at radius 1 is 1.00 bits per heavy atom. The van der Waals surface area contributed by atoms with Crippen LogP contribution in [0.1, 0.15) is 63.0 Å². The summed E-state index contributed by atoms with van der Waals surface area (Å²) < 4.78 is 21.8. The quantitative estimate of drug-likeness (QED) is 0.462. The number of dihydropyridines is 1. The molecular weight excluding hydrogens is 486 g/mol. The summed E-state index contributed by atoms with van der Waals surface area (Å²) >= 11 is 0. The third kappa shape index (κ3) is 5.08. The molecule has 3 atom stereocenters. The highest BCUT2D eigenvalue weighted by Gasteiger charge is 2.42. The zero-order valence-corrected chi connectivity index (χ0v) is 22.7. The van der Waals surface area contributed by atoms with Crippen LogP contribution in [0.5, 0.6) is 23.0 Å². The van der Waals surface area contributed by atoms with Gasteiger partial charge < -0.3 is 29.4 Å². The van der Waals surface area contributed by atoms with Gasteiger partial charge in [-0.2, -0.15) is 0 Å². The van der Waals surface area contributed by atoms with Crippen molar-refractivity contribution >= 4 is 11.8 Å². The van der Waals surface area contributed by atoms with Crippen LogP contribution in [0, 0.1) is 0 Å². The van der Waals surface area contributed by atoms with Crippen LogP contribution in [0.3, 0.4) is 0 Å². The molecular formula is C30H35NO7. The third-order valence-electron chi connectivity index (χ3n) is 7.35. The molecule has 1 aliphatic carbocycles. The monoisotopic (exact) mass is 521 g/mol. The molecule has 0 saturated carbocycles. The number of carbonyl (C=O) groups excluding carboxylic acids is 2. The number of hydrogen-bond acceptors (Lipinski definition) is 8. The Labute approximate surface area is 223 Å². The van der Waals surface area contributed by atoms with Gasteiger partial charge in [0.05, 0.1) is 33.0 Å². The fourth-order valence-electron chi connectivity index (χ4n) is 5.20. The van der Waals surface area contributed by atoms with Gasteiger partial charge in [0.25, 0.3) is 0 Å². The highest BCUT2D eigenvalue weighted by Crippen LogP contribution is 2.47. The number of allylic oxidation sites excluding steroid dienone is 3. The summed E-state index contributed by atoms with van der Waals surface area (Å²) in [7, 11) is 4.64. The van der Waals surface area contributed by atoms with Crippen molar-refractivity contribution in [3.63, 3.8) is 0 Å². The fourth-order valence-corrected chi connectivity index (χ4v) is 5.20. The van der Waals surface area contributed by atoms with E-state index >= 15 is 0 Å². The number of carbonyl (C=O) groups is 2. The van der Waals surface area contributed by atoms with Gasteiger partial charge in [-0.05, 0) is 68.0 Å². The van der Waals surface area contributed by atoms with E-state index in [2.05, 4.69) is 5.32 Å². The van der Waals surface area contributed by atoms with Crippen molar-refractivity contribution in [3.8, 4) is 23.0 Å². The van der Waals surface area contributed by atoms with E-state index in [1.807, 2.05) is 39.0 Å². The Kier molecular flexibility index (Phi) is 7.99. The number of hydrogen-bond donors (Lipinski definition) is 2. The average molecular weight is 522 g/mol. The zero-order chi connectivity index (χ0) is 27.6. The maximum Gasteiger partial charge on any atom is 0.337 e. The van der Waals surface area contributed by atoms with E-state index in [9.17, 15) is 14.7 Å². The molecule has 1 aliphatic heterocycles. The molecule has 2 aliphatic rings. The van der Waals surface area contributed by atoms with Crippen LogP contribution in [-0.2, 0) is 14.3 Å². The van der Waals surface area contributed by atoms with Crippen molar-refractivity contribution in [3.05, 3.63) is 70.1 Å². The second kappa shape index (κ2) is 11.2. The van der Waals surface area contributed by atoms with Crippen molar-refractivity contribution in [1.29, 1.82) is 0 Å². The molecule has 1 heterocycles. The van der Waals surface area contributed by atoms with Crippen molar-refractivity contribution in [2.24, 2.45) is 0 Å². The van der Waals surface area contributed by atoms with E-state index in [-0.39, 0.29) is 30.0 Å². The molecule has 202 valence electrons. The first-order valence-corrected chi connectivity index (χ1v) is 12.8. The maximum atomic E-state index is 13.8. The molecule has 0 spiro atoms. The number of rotatable bonds is 8. The number of ether oxygens (including phenoxy) is 4. The number of nitrogens with one attached hydrogen (secondary N) is 1. The van der Waals surface area contributed by atoms with Crippen LogP contribution in [0.2, 0.25) is 0 Å². The first-order chi connectivity index (χ1) is 18.2. The van der Waals surface area contributed by atoms with E-state index in [0.717, 1.165) is 11.3 Å². The van der Waals surface area contributed by atoms with Gasteiger partial charge in [-0.15, -0.1) is 0 Å². The van der Waals surface area contributed by atoms with Crippen LogP contribution in [0.25, 0.3) is 0 Å². The second-order valence-corrected chi connectivity index (χ2v) is 9.69. The number of phenols is 1. The highest BCUT2D eigenvalue weighted by atomic mass is 16.5. The van der Waals surface area contributed by atoms with E-state index in [0.29, 0.717) is 52.5 Å². The van der Waals surface area contributed by atoms with Crippen LogP contribution < -0.4 is 19.5 Å². The molecule has 4 rings (SSSR count). The molecule has 38 heavy (non-hydrogen) atoms. The average Bonchev–Trinajstić information content (AvgIpc) is 2.91. The number of esters is 1. The van der Waals surface area contributed by atoms with E-state index < -0.39 is 11.9 Å². The normalized spacial score (nSPS) is 19.9. The van der Waals surface area contributed by atoms with Crippen molar-refractivity contribution < 1.29 is 33.6 Å². The molecule has 0 bridgehead atoms. The first-order valence-electron chi connectivity index (χ1n) is 12.8. The summed E-state index contributed by atoms with van der Waals surface area (Å²) in [5.41, 5.74) is 3.86. The molecule has 0 amide bonds. The lowest BCUT2D eigenvalue weighted by Crippen LogP contribution is -2.36. The standard InChI is InChI=1S/C30H35NO7/c1-7-16(2)38-30(34)27-17(3)31-21-12-20(18-8-11-25(36-5)26(15-18)37-6)14-23(33)29(21)28(27)19-9-10-24(35-4)22(32)13-19/h8-11,13,15-16,20,28,31-32H,7,12,14H2,1-6H3/t16-,20-,28+/m0/s1. The molecule has 2 aromatic carbocycles. The van der Waals surface area contributed by atoms with E-state index in [1.54, 1.807) is 32.4 Å². The predicted octanol–water partition coefficient (Wildman–Crippen LogP) is 5.12. The highest BCUT2D eigenvalue weighted by molar-refractivity contribution is 6.04. The van der Waals surface area contributed by atoms with Gasteiger partial charge in [0.1, 0.15) is 0 Å². The van der Waals surface area contributed by atoms with Gasteiger partial charge in [-0.3, -0.25) is 4.79 Å². The van der Waals surface area contributed by atoms with Gasteiger partial charge in [0.15, 0.2) is 28.8 Å². The summed E-state index contributed by atoms with van der Waals surface area (Å²) in [5, 5.41) is 13.9. The molecule has 0 unspecified atom stereocenters. The Morgan fingerprint density at radius 3 is 2.29 bits per heavy atom. The minimum atomic E-state index is -0.682. The fraction of sp³-hybridized carbons (Fsp3) is 0.400. The van der Waals surface area contributed by atoms with Crippen molar-refractivity contribution in [1.82, 2.24) is 5.32 Å². The third-order valence-corrected chi connectivity index (χ3v) is 7.35. The smallest absolute Gasteiger partial charge is 0.337 e.